The lowest BCUT2D eigenvalue weighted by molar-refractivity contribution is -0.131. The molecule has 1 heterocycles. The molecule has 0 N–H and O–H groups in total. The number of hydrogen-bond acceptors (Lipinski definition) is 3. The molecule has 0 fully saturated rings. The first-order valence-corrected chi connectivity index (χ1v) is 7.13. The van der Waals surface area contributed by atoms with Crippen LogP contribution < -0.4 is 0 Å². The van der Waals surface area contributed by atoms with Gasteiger partial charge in [0, 0.05) is 25.0 Å². The number of nitrogens with zero attached hydrogens (tertiary/aromatic N) is 2. The zero-order valence-electron chi connectivity index (χ0n) is 12.1. The molecule has 2 rings (SSSR count). The van der Waals surface area contributed by atoms with Crippen molar-refractivity contribution in [3.05, 3.63) is 34.9 Å². The number of methoxy groups -OCH3 is 1. The predicted molar refractivity (Wildman–Crippen MR) is 83.2 cm³/mol. The normalized spacial score (nSPS) is 16.0. The molecule has 4 nitrogen and oxygen atoms in total. The maximum Gasteiger partial charge on any atom is 0.243 e. The molecule has 0 aliphatic carbocycles. The summed E-state index contributed by atoms with van der Waals surface area (Å²) in [7, 11) is 1.60. The van der Waals surface area contributed by atoms with Gasteiger partial charge >= 0.3 is 0 Å². The second kappa shape index (κ2) is 7.26. The molecule has 1 amide bonds. The first-order chi connectivity index (χ1) is 10.1. The van der Waals surface area contributed by atoms with Crippen LogP contribution in [-0.2, 0) is 9.53 Å². The van der Waals surface area contributed by atoms with Crippen molar-refractivity contribution in [2.45, 2.75) is 25.9 Å². The second-order valence-electron chi connectivity index (χ2n) is 4.70. The maximum atomic E-state index is 11.9. The van der Waals surface area contributed by atoms with Crippen LogP contribution in [0.15, 0.2) is 29.4 Å². The predicted octanol–water partition coefficient (Wildman–Crippen LogP) is 2.70. The minimum atomic E-state index is -0.149. The minimum absolute atomic E-state index is 0.00733. The number of amides is 1. The molecule has 1 atom stereocenters. The molecule has 1 aliphatic rings. The van der Waals surface area contributed by atoms with Gasteiger partial charge in [0.05, 0.1) is 5.71 Å². The Balaban J connectivity index is 2.12. The number of rotatable bonds is 3. The van der Waals surface area contributed by atoms with Gasteiger partial charge in [0.1, 0.15) is 12.6 Å². The molecule has 1 aromatic carbocycles. The summed E-state index contributed by atoms with van der Waals surface area (Å²) in [5, 5.41) is 6.50. The lowest BCUT2D eigenvalue weighted by atomic mass is 10.0. The average molecular weight is 305 g/mol. The Morgan fingerprint density at radius 1 is 1.38 bits per heavy atom. The van der Waals surface area contributed by atoms with E-state index in [0.29, 0.717) is 17.9 Å². The lowest BCUT2D eigenvalue weighted by Crippen LogP contribution is -2.32. The van der Waals surface area contributed by atoms with Gasteiger partial charge in [0.2, 0.25) is 5.91 Å². The van der Waals surface area contributed by atoms with Crippen LogP contribution in [0.4, 0.5) is 0 Å². The van der Waals surface area contributed by atoms with Crippen LogP contribution in [0.25, 0.3) is 0 Å². The highest BCUT2D eigenvalue weighted by Crippen LogP contribution is 2.17. The SMILES string of the molecule is COC(C)C#CCN1N=C(c2ccc(Cl)cc2)CCC1=O. The van der Waals surface area contributed by atoms with Crippen molar-refractivity contribution in [2.75, 3.05) is 13.7 Å². The first-order valence-electron chi connectivity index (χ1n) is 6.75. The molecular weight excluding hydrogens is 288 g/mol. The van der Waals surface area contributed by atoms with Crippen LogP contribution in [0, 0.1) is 11.8 Å². The van der Waals surface area contributed by atoms with E-state index in [0.717, 1.165) is 11.3 Å². The molecule has 0 saturated carbocycles. The van der Waals surface area contributed by atoms with E-state index in [1.54, 1.807) is 7.11 Å². The van der Waals surface area contributed by atoms with Gasteiger partial charge in [-0.1, -0.05) is 35.6 Å². The summed E-state index contributed by atoms with van der Waals surface area (Å²) in [5.41, 5.74) is 1.86. The Morgan fingerprint density at radius 3 is 2.76 bits per heavy atom. The first kappa shape index (κ1) is 15.6. The van der Waals surface area contributed by atoms with Crippen LogP contribution in [0.3, 0.4) is 0 Å². The van der Waals surface area contributed by atoms with E-state index < -0.39 is 0 Å². The van der Waals surface area contributed by atoms with Crippen molar-refractivity contribution in [3.8, 4) is 11.8 Å². The topological polar surface area (TPSA) is 41.9 Å². The molecule has 5 heteroatoms. The van der Waals surface area contributed by atoms with Gasteiger partial charge in [-0.2, -0.15) is 5.10 Å². The average Bonchev–Trinajstić information content (AvgIpc) is 2.50. The quantitative estimate of drug-likeness (QED) is 0.806. The summed E-state index contributed by atoms with van der Waals surface area (Å²) in [5.74, 6) is 5.82. The summed E-state index contributed by atoms with van der Waals surface area (Å²) in [6.45, 7) is 2.14. The molecule has 0 spiro atoms. The molecule has 1 unspecified atom stereocenters. The highest BCUT2D eigenvalue weighted by atomic mass is 35.5. The van der Waals surface area contributed by atoms with Gasteiger partial charge in [0.15, 0.2) is 0 Å². The van der Waals surface area contributed by atoms with Crippen LogP contribution in [0.2, 0.25) is 5.02 Å². The Morgan fingerprint density at radius 2 is 2.10 bits per heavy atom. The number of carbonyl (C=O) groups is 1. The third kappa shape index (κ3) is 4.32. The van der Waals surface area contributed by atoms with Gasteiger partial charge in [-0.3, -0.25) is 4.79 Å². The van der Waals surface area contributed by atoms with Crippen molar-refractivity contribution in [1.29, 1.82) is 0 Å². The minimum Gasteiger partial charge on any atom is -0.369 e. The molecule has 0 saturated heterocycles. The molecule has 1 aliphatic heterocycles. The number of hydrazone groups is 1. The molecule has 21 heavy (non-hydrogen) atoms. The summed E-state index contributed by atoms with van der Waals surface area (Å²) in [4.78, 5) is 11.9. The fourth-order valence-electron chi connectivity index (χ4n) is 1.90. The third-order valence-electron chi connectivity index (χ3n) is 3.17. The third-order valence-corrected chi connectivity index (χ3v) is 3.42. The summed E-state index contributed by atoms with van der Waals surface area (Å²) in [6.07, 6.45) is 0.937. The van der Waals surface area contributed by atoms with Crippen LogP contribution in [-0.4, -0.2) is 36.4 Å². The number of benzene rings is 1. The molecule has 0 radical (unpaired) electrons. The van der Waals surface area contributed by atoms with Crippen LogP contribution >= 0.6 is 11.6 Å². The van der Waals surface area contributed by atoms with Crippen LogP contribution in [0.5, 0.6) is 0 Å². The van der Waals surface area contributed by atoms with E-state index in [4.69, 9.17) is 16.3 Å². The zero-order chi connectivity index (χ0) is 15.2. The number of carbonyl (C=O) groups excluding carboxylic acids is 1. The Hall–Kier alpha value is -1.83. The molecule has 110 valence electrons. The largest absolute Gasteiger partial charge is 0.369 e. The number of ether oxygens (including phenoxy) is 1. The second-order valence-corrected chi connectivity index (χ2v) is 5.14. The monoisotopic (exact) mass is 304 g/mol. The van der Waals surface area contributed by atoms with Gasteiger partial charge < -0.3 is 4.74 Å². The van der Waals surface area contributed by atoms with E-state index in [2.05, 4.69) is 16.9 Å². The van der Waals surface area contributed by atoms with Gasteiger partial charge in [-0.25, -0.2) is 5.01 Å². The van der Waals surface area contributed by atoms with E-state index in [1.165, 1.54) is 5.01 Å². The van der Waals surface area contributed by atoms with E-state index in [9.17, 15) is 4.79 Å². The standard InChI is InChI=1S/C16H17ClN2O2/c1-12(21-2)4-3-11-19-16(20)10-9-15(18-19)13-5-7-14(17)8-6-13/h5-8,12H,9-11H2,1-2H3. The van der Waals surface area contributed by atoms with E-state index >= 15 is 0 Å². The van der Waals surface area contributed by atoms with Gasteiger partial charge in [-0.15, -0.1) is 0 Å². The molecule has 0 bridgehead atoms. The lowest BCUT2D eigenvalue weighted by Gasteiger charge is -2.21. The summed E-state index contributed by atoms with van der Waals surface area (Å²) >= 11 is 5.88. The highest BCUT2D eigenvalue weighted by Gasteiger charge is 2.20. The fraction of sp³-hybridized carbons (Fsp3) is 0.375. The van der Waals surface area contributed by atoms with Crippen molar-refractivity contribution >= 4 is 23.2 Å². The van der Waals surface area contributed by atoms with Gasteiger partial charge in [0.25, 0.3) is 0 Å². The fourth-order valence-corrected chi connectivity index (χ4v) is 2.02. The van der Waals surface area contributed by atoms with Crippen molar-refractivity contribution < 1.29 is 9.53 Å². The maximum absolute atomic E-state index is 11.9. The summed E-state index contributed by atoms with van der Waals surface area (Å²) in [6, 6.07) is 7.46. The van der Waals surface area contributed by atoms with E-state index in [-0.39, 0.29) is 18.6 Å². The van der Waals surface area contributed by atoms with Crippen molar-refractivity contribution in [1.82, 2.24) is 5.01 Å². The van der Waals surface area contributed by atoms with Crippen molar-refractivity contribution in [3.63, 3.8) is 0 Å². The highest BCUT2D eigenvalue weighted by molar-refractivity contribution is 6.30. The number of halogens is 1. The molecule has 1 aromatic rings. The summed E-state index contributed by atoms with van der Waals surface area (Å²) < 4.78 is 5.04. The van der Waals surface area contributed by atoms with Crippen molar-refractivity contribution in [2.24, 2.45) is 5.10 Å². The zero-order valence-corrected chi connectivity index (χ0v) is 12.9. The van der Waals surface area contributed by atoms with E-state index in [1.807, 2.05) is 31.2 Å². The molecule has 0 aromatic heterocycles. The number of hydrogen-bond donors (Lipinski definition) is 0. The Bertz CT molecular complexity index is 599. The molecular formula is C16H17ClN2O2. The van der Waals surface area contributed by atoms with Gasteiger partial charge in [-0.05, 0) is 24.6 Å². The Kier molecular flexibility index (Phi) is 5.38. The smallest absolute Gasteiger partial charge is 0.243 e. The Labute approximate surface area is 129 Å². The van der Waals surface area contributed by atoms with Crippen LogP contribution in [0.1, 0.15) is 25.3 Å².